The van der Waals surface area contributed by atoms with Crippen LogP contribution in [0.5, 0.6) is 0 Å². The third-order valence-electron chi connectivity index (χ3n) is 0.864. The lowest BCUT2D eigenvalue weighted by molar-refractivity contribution is 0.171. The van der Waals surface area contributed by atoms with Crippen molar-refractivity contribution in [2.45, 2.75) is 26.0 Å². The molecule has 0 fully saturated rings. The summed E-state index contributed by atoms with van der Waals surface area (Å²) in [5.41, 5.74) is 0. The van der Waals surface area contributed by atoms with E-state index in [2.05, 4.69) is 5.18 Å². The second-order valence-corrected chi connectivity index (χ2v) is 1.59. The van der Waals surface area contributed by atoms with Crippen molar-refractivity contribution in [2.24, 2.45) is 5.18 Å². The molecule has 0 aromatic rings. The lowest BCUT2D eigenvalue weighted by Crippen LogP contribution is -2.15. The smallest absolute Gasteiger partial charge is 0.115 e. The Kier molecular flexibility index (Phi) is 2.52. The highest BCUT2D eigenvalue weighted by molar-refractivity contribution is 4.63. The number of nitroso groups, excluding NO2 is 1. The van der Waals surface area contributed by atoms with Gasteiger partial charge in [-0.1, -0.05) is 5.18 Å². The highest BCUT2D eigenvalue weighted by atomic mass is 16.3. The third-order valence-corrected chi connectivity index (χ3v) is 0.864. The molecule has 0 aromatic heterocycles. The van der Waals surface area contributed by atoms with Gasteiger partial charge in [0.1, 0.15) is 6.04 Å². The summed E-state index contributed by atoms with van der Waals surface area (Å²) in [5, 5.41) is 11.1. The van der Waals surface area contributed by atoms with Crippen LogP contribution in [-0.4, -0.2) is 17.3 Å². The van der Waals surface area contributed by atoms with Crippen molar-refractivity contribution in [3.63, 3.8) is 0 Å². The van der Waals surface area contributed by atoms with Gasteiger partial charge in [0.2, 0.25) is 0 Å². The summed E-state index contributed by atoms with van der Waals surface area (Å²) in [4.78, 5) is 9.54. The summed E-state index contributed by atoms with van der Waals surface area (Å²) in [6.07, 6.45) is -0.613. The molecule has 0 aromatic carbocycles. The lowest BCUT2D eigenvalue weighted by Gasteiger charge is -2.01. The quantitative estimate of drug-likeness (QED) is 0.518. The minimum Gasteiger partial charge on any atom is -0.391 e. The van der Waals surface area contributed by atoms with E-state index >= 15 is 0 Å². The molecule has 0 aliphatic carbocycles. The molecule has 42 valence electrons. The Balaban J connectivity index is 3.33. The first kappa shape index (κ1) is 6.56. The highest BCUT2D eigenvalue weighted by Gasteiger charge is 2.05. The number of aliphatic hydroxyl groups is 1. The highest BCUT2D eigenvalue weighted by Crippen LogP contribution is 1.93. The monoisotopic (exact) mass is 103 g/mol. The molecule has 0 rings (SSSR count). The summed E-state index contributed by atoms with van der Waals surface area (Å²) in [6.45, 7) is 3.10. The van der Waals surface area contributed by atoms with Gasteiger partial charge in [-0.2, -0.15) is 4.91 Å². The van der Waals surface area contributed by atoms with Gasteiger partial charge in [0.05, 0.1) is 6.10 Å². The van der Waals surface area contributed by atoms with E-state index in [1.54, 1.807) is 6.92 Å². The van der Waals surface area contributed by atoms with Crippen LogP contribution in [0.15, 0.2) is 5.18 Å². The topological polar surface area (TPSA) is 49.7 Å². The molecule has 0 bridgehead atoms. The predicted molar refractivity (Wildman–Crippen MR) is 26.9 cm³/mol. The van der Waals surface area contributed by atoms with Gasteiger partial charge in [-0.15, -0.1) is 0 Å². The molecule has 0 amide bonds. The first-order valence-electron chi connectivity index (χ1n) is 2.19. The largest absolute Gasteiger partial charge is 0.391 e. The van der Waals surface area contributed by atoms with Crippen molar-refractivity contribution in [1.29, 1.82) is 0 Å². The predicted octanol–water partition coefficient (Wildman–Crippen LogP) is 0.522. The summed E-state index contributed by atoms with van der Waals surface area (Å²) in [6, 6.07) is -0.472. The Morgan fingerprint density at radius 2 is 2.00 bits per heavy atom. The molecule has 0 saturated heterocycles. The Labute approximate surface area is 42.3 Å². The van der Waals surface area contributed by atoms with E-state index in [9.17, 15) is 4.91 Å². The van der Waals surface area contributed by atoms with Crippen molar-refractivity contribution in [3.8, 4) is 0 Å². The first-order chi connectivity index (χ1) is 3.18. The molecule has 2 atom stereocenters. The minimum absolute atomic E-state index is 0.472. The van der Waals surface area contributed by atoms with Gasteiger partial charge < -0.3 is 5.11 Å². The van der Waals surface area contributed by atoms with Gasteiger partial charge in [-0.25, -0.2) is 0 Å². The maximum Gasteiger partial charge on any atom is 0.115 e. The number of nitrogens with zero attached hydrogens (tertiary/aromatic N) is 1. The zero-order valence-electron chi connectivity index (χ0n) is 4.46. The van der Waals surface area contributed by atoms with Crippen LogP contribution in [0, 0.1) is 4.91 Å². The molecule has 0 radical (unpaired) electrons. The number of rotatable bonds is 2. The Morgan fingerprint density at radius 3 is 2.00 bits per heavy atom. The van der Waals surface area contributed by atoms with Crippen molar-refractivity contribution in [1.82, 2.24) is 0 Å². The third kappa shape index (κ3) is 2.28. The van der Waals surface area contributed by atoms with Crippen LogP contribution < -0.4 is 0 Å². The van der Waals surface area contributed by atoms with Crippen molar-refractivity contribution in [3.05, 3.63) is 4.91 Å². The first-order valence-corrected chi connectivity index (χ1v) is 2.19. The van der Waals surface area contributed by atoms with E-state index in [1.807, 2.05) is 0 Å². The fourth-order valence-corrected chi connectivity index (χ4v) is 0.0881. The van der Waals surface area contributed by atoms with E-state index in [4.69, 9.17) is 5.11 Å². The average Bonchev–Trinajstić information content (AvgIpc) is 1.65. The molecule has 3 nitrogen and oxygen atoms in total. The van der Waals surface area contributed by atoms with Crippen LogP contribution in [0.25, 0.3) is 0 Å². The zero-order valence-corrected chi connectivity index (χ0v) is 4.46. The number of hydrogen-bond acceptors (Lipinski definition) is 3. The molecule has 0 heterocycles. The SMILES string of the molecule is CC(O)[C@H](C)N=O. The Hall–Kier alpha value is -0.440. The second-order valence-electron chi connectivity index (χ2n) is 1.59. The standard InChI is InChI=1S/C4H9NO2/c1-3(5-7)4(2)6/h3-4,6H,1-2H3/t3-,4?/m0/s1. The van der Waals surface area contributed by atoms with Gasteiger partial charge in [0.15, 0.2) is 0 Å². The minimum atomic E-state index is -0.613. The normalized spacial score (nSPS) is 18.1. The molecule has 0 aliphatic heterocycles. The van der Waals surface area contributed by atoms with Crippen molar-refractivity contribution < 1.29 is 5.11 Å². The van der Waals surface area contributed by atoms with Crippen molar-refractivity contribution >= 4 is 0 Å². The van der Waals surface area contributed by atoms with E-state index < -0.39 is 12.1 Å². The van der Waals surface area contributed by atoms with E-state index in [0.717, 1.165) is 0 Å². The Morgan fingerprint density at radius 1 is 1.57 bits per heavy atom. The van der Waals surface area contributed by atoms with E-state index in [1.165, 1.54) is 6.92 Å². The van der Waals surface area contributed by atoms with Gasteiger partial charge in [0, 0.05) is 0 Å². The van der Waals surface area contributed by atoms with Gasteiger partial charge in [-0.3, -0.25) is 0 Å². The summed E-state index contributed by atoms with van der Waals surface area (Å²) in [5.74, 6) is 0. The number of hydrogen-bond donors (Lipinski definition) is 1. The van der Waals surface area contributed by atoms with Gasteiger partial charge in [0.25, 0.3) is 0 Å². The molecular formula is C4H9NO2. The lowest BCUT2D eigenvalue weighted by atomic mass is 10.2. The summed E-state index contributed by atoms with van der Waals surface area (Å²) < 4.78 is 0. The van der Waals surface area contributed by atoms with E-state index in [-0.39, 0.29) is 0 Å². The van der Waals surface area contributed by atoms with Crippen molar-refractivity contribution in [2.75, 3.05) is 0 Å². The summed E-state index contributed by atoms with van der Waals surface area (Å²) >= 11 is 0. The maximum atomic E-state index is 9.54. The molecule has 0 spiro atoms. The molecule has 0 aliphatic rings. The Bertz CT molecular complexity index is 62.7. The van der Waals surface area contributed by atoms with Crippen LogP contribution in [0.2, 0.25) is 0 Å². The van der Waals surface area contributed by atoms with E-state index in [0.29, 0.717) is 0 Å². The second kappa shape index (κ2) is 2.69. The molecule has 0 saturated carbocycles. The molecule has 1 N–H and O–H groups in total. The van der Waals surface area contributed by atoms with Crippen LogP contribution in [0.1, 0.15) is 13.8 Å². The fraction of sp³-hybridized carbons (Fsp3) is 1.00. The average molecular weight is 103 g/mol. The van der Waals surface area contributed by atoms with Crippen LogP contribution in [-0.2, 0) is 0 Å². The van der Waals surface area contributed by atoms with Gasteiger partial charge >= 0.3 is 0 Å². The maximum absolute atomic E-state index is 9.54. The molecule has 1 unspecified atom stereocenters. The molecule has 3 heteroatoms. The fourth-order valence-electron chi connectivity index (χ4n) is 0.0881. The van der Waals surface area contributed by atoms with Crippen LogP contribution in [0.4, 0.5) is 0 Å². The van der Waals surface area contributed by atoms with Crippen LogP contribution >= 0.6 is 0 Å². The van der Waals surface area contributed by atoms with Crippen LogP contribution in [0.3, 0.4) is 0 Å². The summed E-state index contributed by atoms with van der Waals surface area (Å²) in [7, 11) is 0. The zero-order chi connectivity index (χ0) is 5.86. The molecular weight excluding hydrogens is 94.0 g/mol. The van der Waals surface area contributed by atoms with Gasteiger partial charge in [-0.05, 0) is 13.8 Å². The number of aliphatic hydroxyl groups excluding tert-OH is 1. The molecule has 7 heavy (non-hydrogen) atoms.